The zero-order valence-electron chi connectivity index (χ0n) is 9.00. The first-order chi connectivity index (χ1) is 7.06. The largest absolute Gasteiger partial charge is 0.393 e. The van der Waals surface area contributed by atoms with Crippen molar-refractivity contribution in [1.82, 2.24) is 0 Å². The van der Waals surface area contributed by atoms with Crippen LogP contribution in [0.4, 0.5) is 8.78 Å². The van der Waals surface area contributed by atoms with E-state index in [0.29, 0.717) is 18.4 Å². The van der Waals surface area contributed by atoms with Crippen LogP contribution < -0.4 is 0 Å². The summed E-state index contributed by atoms with van der Waals surface area (Å²) in [7, 11) is 0. The summed E-state index contributed by atoms with van der Waals surface area (Å²) in [6.07, 6.45) is 0.518. The number of hydrogen-bond donors (Lipinski definition) is 1. The van der Waals surface area contributed by atoms with Crippen LogP contribution in [0.25, 0.3) is 0 Å². The molecule has 0 aliphatic carbocycles. The molecule has 0 amide bonds. The molecule has 1 N–H and O–H groups in total. The third kappa shape index (κ3) is 2.99. The van der Waals surface area contributed by atoms with Gasteiger partial charge in [-0.15, -0.1) is 0 Å². The molecule has 0 heterocycles. The minimum absolute atomic E-state index is 0.0636. The third-order valence-electron chi connectivity index (χ3n) is 2.65. The van der Waals surface area contributed by atoms with Crippen molar-refractivity contribution in [3.63, 3.8) is 0 Å². The number of aliphatic hydroxyl groups excluding tert-OH is 1. The van der Waals surface area contributed by atoms with Crippen molar-refractivity contribution >= 4 is 0 Å². The maximum atomic E-state index is 13.3. The lowest BCUT2D eigenvalue weighted by Gasteiger charge is -2.17. The Hall–Kier alpha value is -0.960. The molecule has 1 aromatic rings. The fourth-order valence-corrected chi connectivity index (χ4v) is 1.59. The van der Waals surface area contributed by atoms with Crippen LogP contribution >= 0.6 is 0 Å². The van der Waals surface area contributed by atoms with Crippen LogP contribution in [0.1, 0.15) is 25.8 Å². The van der Waals surface area contributed by atoms with Crippen LogP contribution in [-0.4, -0.2) is 11.2 Å². The molecule has 0 spiro atoms. The van der Waals surface area contributed by atoms with E-state index in [2.05, 4.69) is 0 Å². The Kier molecular flexibility index (Phi) is 4.21. The zero-order chi connectivity index (χ0) is 11.4. The molecule has 0 aliphatic rings. The summed E-state index contributed by atoms with van der Waals surface area (Å²) in [5, 5.41) is 9.53. The molecular weight excluding hydrogens is 198 g/mol. The van der Waals surface area contributed by atoms with Gasteiger partial charge in [-0.1, -0.05) is 26.0 Å². The second-order valence-corrected chi connectivity index (χ2v) is 3.87. The molecule has 1 aromatic carbocycles. The predicted molar refractivity (Wildman–Crippen MR) is 55.5 cm³/mol. The van der Waals surface area contributed by atoms with Crippen molar-refractivity contribution in [2.75, 3.05) is 0 Å². The van der Waals surface area contributed by atoms with Crippen LogP contribution in [-0.2, 0) is 6.42 Å². The molecule has 3 heteroatoms. The van der Waals surface area contributed by atoms with Crippen LogP contribution in [0.2, 0.25) is 0 Å². The van der Waals surface area contributed by atoms with E-state index in [9.17, 15) is 13.9 Å². The van der Waals surface area contributed by atoms with E-state index < -0.39 is 17.7 Å². The Morgan fingerprint density at radius 3 is 2.60 bits per heavy atom. The van der Waals surface area contributed by atoms with Crippen molar-refractivity contribution in [3.8, 4) is 0 Å². The number of rotatable bonds is 4. The van der Waals surface area contributed by atoms with Crippen LogP contribution in [0.5, 0.6) is 0 Å². The first-order valence-corrected chi connectivity index (χ1v) is 5.17. The van der Waals surface area contributed by atoms with E-state index in [1.54, 1.807) is 6.07 Å². The fourth-order valence-electron chi connectivity index (χ4n) is 1.59. The van der Waals surface area contributed by atoms with Gasteiger partial charge in [-0.25, -0.2) is 8.78 Å². The quantitative estimate of drug-likeness (QED) is 0.817. The summed E-state index contributed by atoms with van der Waals surface area (Å²) in [4.78, 5) is 0. The molecule has 0 bridgehead atoms. The lowest BCUT2D eigenvalue weighted by atomic mass is 9.94. The average molecular weight is 214 g/mol. The molecular formula is C12H16F2O. The zero-order valence-corrected chi connectivity index (χ0v) is 9.00. The van der Waals surface area contributed by atoms with Crippen molar-refractivity contribution in [2.45, 2.75) is 32.8 Å². The Morgan fingerprint density at radius 1 is 1.33 bits per heavy atom. The van der Waals surface area contributed by atoms with Gasteiger partial charge in [-0.2, -0.15) is 0 Å². The molecule has 0 aliphatic heterocycles. The summed E-state index contributed by atoms with van der Waals surface area (Å²) in [6, 6.07) is 4.13. The van der Waals surface area contributed by atoms with Crippen LogP contribution in [0, 0.1) is 17.6 Å². The first-order valence-electron chi connectivity index (χ1n) is 5.17. The van der Waals surface area contributed by atoms with Crippen molar-refractivity contribution in [2.24, 2.45) is 5.92 Å². The highest BCUT2D eigenvalue weighted by atomic mass is 19.2. The van der Waals surface area contributed by atoms with E-state index in [1.807, 2.05) is 13.8 Å². The third-order valence-corrected chi connectivity index (χ3v) is 2.65. The molecule has 0 saturated carbocycles. The Labute approximate surface area is 88.7 Å². The second-order valence-electron chi connectivity index (χ2n) is 3.87. The monoisotopic (exact) mass is 214 g/mol. The summed E-state index contributed by atoms with van der Waals surface area (Å²) in [6.45, 7) is 3.70. The normalized spacial score (nSPS) is 15.0. The summed E-state index contributed by atoms with van der Waals surface area (Å²) in [5.41, 5.74) is 0.329. The molecule has 2 unspecified atom stereocenters. The van der Waals surface area contributed by atoms with Gasteiger partial charge in [-0.05, 0) is 30.4 Å². The Bertz CT molecular complexity index is 325. The predicted octanol–water partition coefficient (Wildman–Crippen LogP) is 2.91. The number of aliphatic hydroxyl groups is 1. The molecule has 0 fully saturated rings. The molecule has 2 atom stereocenters. The van der Waals surface area contributed by atoms with Gasteiger partial charge >= 0.3 is 0 Å². The summed E-state index contributed by atoms with van der Waals surface area (Å²) >= 11 is 0. The van der Waals surface area contributed by atoms with E-state index in [0.717, 1.165) is 6.07 Å². The maximum absolute atomic E-state index is 13.3. The van der Waals surface area contributed by atoms with Gasteiger partial charge < -0.3 is 5.11 Å². The summed E-state index contributed by atoms with van der Waals surface area (Å²) in [5.74, 6) is -1.69. The Balaban J connectivity index is 2.76. The molecule has 1 rings (SSSR count). The van der Waals surface area contributed by atoms with E-state index in [1.165, 1.54) is 6.07 Å². The lowest BCUT2D eigenvalue weighted by Crippen LogP contribution is -2.19. The van der Waals surface area contributed by atoms with Gasteiger partial charge in [0.2, 0.25) is 0 Å². The van der Waals surface area contributed by atoms with Crippen LogP contribution in [0.15, 0.2) is 18.2 Å². The fraction of sp³-hybridized carbons (Fsp3) is 0.500. The Morgan fingerprint density at radius 2 is 2.00 bits per heavy atom. The van der Waals surface area contributed by atoms with E-state index in [4.69, 9.17) is 0 Å². The van der Waals surface area contributed by atoms with Crippen molar-refractivity contribution in [3.05, 3.63) is 35.4 Å². The van der Waals surface area contributed by atoms with Gasteiger partial charge in [0.25, 0.3) is 0 Å². The van der Waals surface area contributed by atoms with Crippen molar-refractivity contribution in [1.29, 1.82) is 0 Å². The number of benzene rings is 1. The highest BCUT2D eigenvalue weighted by molar-refractivity contribution is 5.19. The van der Waals surface area contributed by atoms with E-state index >= 15 is 0 Å². The molecule has 0 saturated heterocycles. The van der Waals surface area contributed by atoms with Gasteiger partial charge in [0.15, 0.2) is 11.6 Å². The van der Waals surface area contributed by atoms with E-state index in [-0.39, 0.29) is 5.92 Å². The molecule has 84 valence electrons. The molecule has 1 nitrogen and oxygen atoms in total. The summed E-state index contributed by atoms with van der Waals surface area (Å²) < 4.78 is 26.1. The highest BCUT2D eigenvalue weighted by Gasteiger charge is 2.16. The minimum Gasteiger partial charge on any atom is -0.393 e. The number of hydrogen-bond acceptors (Lipinski definition) is 1. The molecule has 0 radical (unpaired) electrons. The van der Waals surface area contributed by atoms with Gasteiger partial charge in [-0.3, -0.25) is 0 Å². The van der Waals surface area contributed by atoms with Crippen molar-refractivity contribution < 1.29 is 13.9 Å². The standard InChI is InChI=1S/C12H16F2O/c1-3-11(15)8(2)7-9-5-4-6-10(13)12(9)14/h4-6,8,11,15H,3,7H2,1-2H3. The van der Waals surface area contributed by atoms with Gasteiger partial charge in [0.1, 0.15) is 0 Å². The van der Waals surface area contributed by atoms with Crippen LogP contribution in [0.3, 0.4) is 0 Å². The topological polar surface area (TPSA) is 20.2 Å². The SMILES string of the molecule is CCC(O)C(C)Cc1cccc(F)c1F. The minimum atomic E-state index is -0.828. The number of halogens is 2. The average Bonchev–Trinajstić information content (AvgIpc) is 2.23. The lowest BCUT2D eigenvalue weighted by molar-refractivity contribution is 0.112. The smallest absolute Gasteiger partial charge is 0.162 e. The second kappa shape index (κ2) is 5.21. The molecule has 0 aromatic heterocycles. The molecule has 15 heavy (non-hydrogen) atoms. The van der Waals surface area contributed by atoms with Gasteiger partial charge in [0.05, 0.1) is 6.10 Å². The maximum Gasteiger partial charge on any atom is 0.162 e. The highest BCUT2D eigenvalue weighted by Crippen LogP contribution is 2.18. The van der Waals surface area contributed by atoms with Gasteiger partial charge in [0, 0.05) is 0 Å². The first kappa shape index (κ1) is 12.1.